The number of nitro groups is 1. The minimum atomic E-state index is -0.425. The van der Waals surface area contributed by atoms with E-state index in [4.69, 9.17) is 0 Å². The van der Waals surface area contributed by atoms with E-state index in [1.807, 2.05) is 0 Å². The molecule has 2 aromatic rings. The fraction of sp³-hybridized carbons (Fsp3) is 0.182. The van der Waals surface area contributed by atoms with Crippen LogP contribution in [-0.4, -0.2) is 25.1 Å². The monoisotopic (exact) mass is 260 g/mol. The summed E-state index contributed by atoms with van der Waals surface area (Å²) in [6.07, 6.45) is 1.68. The molecule has 2 rings (SSSR count). The fourth-order valence-corrected chi connectivity index (χ4v) is 1.54. The molecule has 0 aliphatic rings. The lowest BCUT2D eigenvalue weighted by molar-refractivity contribution is -0.384. The van der Waals surface area contributed by atoms with E-state index in [2.05, 4.69) is 27.4 Å². The van der Waals surface area contributed by atoms with Crippen LogP contribution in [0.15, 0.2) is 36.9 Å². The number of tetrazole rings is 1. The minimum absolute atomic E-state index is 0.0602. The van der Waals surface area contributed by atoms with Gasteiger partial charge in [-0.25, -0.2) is 4.68 Å². The minimum Gasteiger partial charge on any atom is -0.349 e. The Morgan fingerprint density at radius 2 is 2.37 bits per heavy atom. The van der Waals surface area contributed by atoms with Gasteiger partial charge >= 0.3 is 0 Å². The number of nitro benzene ring substituents is 1. The zero-order chi connectivity index (χ0) is 13.7. The molecule has 0 aliphatic heterocycles. The number of allylic oxidation sites excluding steroid dienone is 1. The number of nitrogens with zero attached hydrogens (tertiary/aromatic N) is 5. The largest absolute Gasteiger partial charge is 0.349 e. The molecule has 0 saturated heterocycles. The molecule has 1 N–H and O–H groups in total. The third-order valence-electron chi connectivity index (χ3n) is 2.41. The van der Waals surface area contributed by atoms with Crippen molar-refractivity contribution in [1.82, 2.24) is 20.2 Å². The second-order valence-corrected chi connectivity index (χ2v) is 3.75. The van der Waals surface area contributed by atoms with Crippen molar-refractivity contribution in [1.29, 1.82) is 0 Å². The lowest BCUT2D eigenvalue weighted by Crippen LogP contribution is -2.08. The van der Waals surface area contributed by atoms with E-state index in [-0.39, 0.29) is 5.69 Å². The second-order valence-electron chi connectivity index (χ2n) is 3.75. The van der Waals surface area contributed by atoms with Crippen molar-refractivity contribution in [3.05, 3.63) is 52.6 Å². The number of non-ortho nitro benzene ring substituents is 1. The van der Waals surface area contributed by atoms with Gasteiger partial charge in [0.2, 0.25) is 5.95 Å². The molecule has 0 spiro atoms. The summed E-state index contributed by atoms with van der Waals surface area (Å²) in [4.78, 5) is 10.2. The molecule has 1 aromatic carbocycles. The van der Waals surface area contributed by atoms with Gasteiger partial charge in [-0.1, -0.05) is 23.3 Å². The highest BCUT2D eigenvalue weighted by Crippen LogP contribution is 2.14. The van der Waals surface area contributed by atoms with E-state index in [1.165, 1.54) is 12.1 Å². The first-order valence-electron chi connectivity index (χ1n) is 5.55. The highest BCUT2D eigenvalue weighted by molar-refractivity contribution is 5.36. The second kappa shape index (κ2) is 5.71. The lowest BCUT2D eigenvalue weighted by Gasteiger charge is -2.05. The van der Waals surface area contributed by atoms with Crippen LogP contribution in [0.3, 0.4) is 0 Å². The Balaban J connectivity index is 2.05. The molecule has 0 unspecified atom stereocenters. The number of rotatable bonds is 6. The van der Waals surface area contributed by atoms with Gasteiger partial charge in [-0.3, -0.25) is 10.1 Å². The predicted octanol–water partition coefficient (Wildman–Crippen LogP) is 1.38. The molecule has 0 bridgehead atoms. The Morgan fingerprint density at radius 1 is 1.53 bits per heavy atom. The molecular weight excluding hydrogens is 248 g/mol. The first-order valence-corrected chi connectivity index (χ1v) is 5.55. The average molecular weight is 260 g/mol. The average Bonchev–Trinajstić information content (AvgIpc) is 2.85. The molecule has 0 atom stereocenters. The molecule has 98 valence electrons. The molecule has 0 saturated carbocycles. The van der Waals surface area contributed by atoms with E-state index in [0.717, 1.165) is 5.56 Å². The normalized spacial score (nSPS) is 10.1. The molecule has 0 fully saturated rings. The van der Waals surface area contributed by atoms with Crippen molar-refractivity contribution in [2.45, 2.75) is 13.1 Å². The van der Waals surface area contributed by atoms with Crippen LogP contribution in [0.25, 0.3) is 0 Å². The Morgan fingerprint density at radius 3 is 3.11 bits per heavy atom. The van der Waals surface area contributed by atoms with Crippen LogP contribution in [0.5, 0.6) is 0 Å². The van der Waals surface area contributed by atoms with Crippen molar-refractivity contribution in [3.63, 3.8) is 0 Å². The van der Waals surface area contributed by atoms with Gasteiger partial charge in [0.25, 0.3) is 5.69 Å². The van der Waals surface area contributed by atoms with Gasteiger partial charge in [0, 0.05) is 18.7 Å². The molecule has 1 heterocycles. The van der Waals surface area contributed by atoms with Crippen LogP contribution >= 0.6 is 0 Å². The molecule has 19 heavy (non-hydrogen) atoms. The summed E-state index contributed by atoms with van der Waals surface area (Å²) in [7, 11) is 0. The number of hydrogen-bond donors (Lipinski definition) is 1. The van der Waals surface area contributed by atoms with Gasteiger partial charge in [0.1, 0.15) is 0 Å². The molecule has 0 aliphatic carbocycles. The van der Waals surface area contributed by atoms with Crippen molar-refractivity contribution >= 4 is 11.6 Å². The van der Waals surface area contributed by atoms with E-state index >= 15 is 0 Å². The Hall–Kier alpha value is -2.77. The summed E-state index contributed by atoms with van der Waals surface area (Å²) in [6.45, 7) is 4.50. The molecule has 0 radical (unpaired) electrons. The lowest BCUT2D eigenvalue weighted by atomic mass is 10.2. The summed E-state index contributed by atoms with van der Waals surface area (Å²) in [5.74, 6) is 0.492. The maximum absolute atomic E-state index is 10.7. The summed E-state index contributed by atoms with van der Waals surface area (Å²) in [6, 6.07) is 6.39. The topological polar surface area (TPSA) is 98.8 Å². The summed E-state index contributed by atoms with van der Waals surface area (Å²) < 4.78 is 1.55. The zero-order valence-electron chi connectivity index (χ0n) is 10.1. The van der Waals surface area contributed by atoms with Crippen LogP contribution in [0, 0.1) is 10.1 Å². The summed E-state index contributed by atoms with van der Waals surface area (Å²) in [5.41, 5.74) is 0.840. The van der Waals surface area contributed by atoms with Crippen LogP contribution in [0.2, 0.25) is 0 Å². The third-order valence-corrected chi connectivity index (χ3v) is 2.41. The maximum atomic E-state index is 10.7. The van der Waals surface area contributed by atoms with E-state index < -0.39 is 4.92 Å². The third kappa shape index (κ3) is 3.12. The van der Waals surface area contributed by atoms with E-state index in [9.17, 15) is 10.1 Å². The molecule has 1 aromatic heterocycles. The van der Waals surface area contributed by atoms with Gasteiger partial charge in [-0.05, 0) is 16.0 Å². The van der Waals surface area contributed by atoms with Gasteiger partial charge in [-0.2, -0.15) is 0 Å². The summed E-state index contributed by atoms with van der Waals surface area (Å²) >= 11 is 0. The number of benzene rings is 1. The quantitative estimate of drug-likeness (QED) is 0.478. The van der Waals surface area contributed by atoms with Gasteiger partial charge in [0.05, 0.1) is 11.5 Å². The zero-order valence-corrected chi connectivity index (χ0v) is 10.1. The molecule has 8 heteroatoms. The van der Waals surface area contributed by atoms with E-state index in [1.54, 1.807) is 22.9 Å². The van der Waals surface area contributed by atoms with Crippen molar-refractivity contribution in [3.8, 4) is 0 Å². The highest BCUT2D eigenvalue weighted by Gasteiger charge is 2.07. The van der Waals surface area contributed by atoms with Gasteiger partial charge < -0.3 is 5.32 Å². The fourth-order valence-electron chi connectivity index (χ4n) is 1.54. The standard InChI is InChI=1S/C11H12N6O2/c1-2-6-16-11(13-14-15-16)12-8-9-4-3-5-10(7-9)17(18)19/h2-5,7H,1,6,8H2,(H,12,13,15). The first-order chi connectivity index (χ1) is 9.20. The van der Waals surface area contributed by atoms with Crippen LogP contribution in [0.1, 0.15) is 5.56 Å². The molecule has 0 amide bonds. The number of nitrogens with one attached hydrogen (secondary N) is 1. The van der Waals surface area contributed by atoms with Gasteiger partial charge in [0.15, 0.2) is 0 Å². The summed E-state index contributed by atoms with van der Waals surface area (Å²) in [5, 5.41) is 24.8. The maximum Gasteiger partial charge on any atom is 0.269 e. The Labute approximate surface area is 108 Å². The van der Waals surface area contributed by atoms with Crippen molar-refractivity contribution in [2.75, 3.05) is 5.32 Å². The molecule has 8 nitrogen and oxygen atoms in total. The van der Waals surface area contributed by atoms with E-state index in [0.29, 0.717) is 19.0 Å². The first kappa shape index (κ1) is 12.7. The Bertz CT molecular complexity index is 594. The van der Waals surface area contributed by atoms with Crippen LogP contribution in [0.4, 0.5) is 11.6 Å². The Kier molecular flexibility index (Phi) is 3.81. The SMILES string of the molecule is C=CCn1nnnc1NCc1cccc([N+](=O)[O-])c1. The predicted molar refractivity (Wildman–Crippen MR) is 68.4 cm³/mol. The highest BCUT2D eigenvalue weighted by atomic mass is 16.6. The number of aromatic nitrogens is 4. The smallest absolute Gasteiger partial charge is 0.269 e. The number of hydrogen-bond acceptors (Lipinski definition) is 6. The van der Waals surface area contributed by atoms with Crippen LogP contribution in [-0.2, 0) is 13.1 Å². The van der Waals surface area contributed by atoms with Crippen molar-refractivity contribution in [2.24, 2.45) is 0 Å². The van der Waals surface area contributed by atoms with Gasteiger partial charge in [-0.15, -0.1) is 6.58 Å². The number of anilines is 1. The van der Waals surface area contributed by atoms with Crippen LogP contribution < -0.4 is 5.32 Å². The van der Waals surface area contributed by atoms with Crippen molar-refractivity contribution < 1.29 is 4.92 Å². The molecular formula is C11H12N6O2.